The van der Waals surface area contributed by atoms with Crippen molar-refractivity contribution in [3.05, 3.63) is 81.3 Å². The molecule has 0 saturated carbocycles. The van der Waals surface area contributed by atoms with E-state index >= 15 is 0 Å². The summed E-state index contributed by atoms with van der Waals surface area (Å²) in [6.45, 7) is 0. The maximum atomic E-state index is 12.6. The number of phenolic OH excluding ortho intramolecular Hbond substituents is 1. The monoisotopic (exact) mass is 391 g/mol. The van der Waals surface area contributed by atoms with Crippen LogP contribution in [0.15, 0.2) is 60.7 Å². The summed E-state index contributed by atoms with van der Waals surface area (Å²) in [4.78, 5) is 12.6. The molecule has 3 nitrogen and oxygen atoms in total. The van der Waals surface area contributed by atoms with Crippen LogP contribution in [0.2, 0.25) is 15.1 Å². The normalized spacial score (nSPS) is 10.5. The van der Waals surface area contributed by atoms with Gasteiger partial charge in [-0.25, -0.2) is 0 Å². The highest BCUT2D eigenvalue weighted by Crippen LogP contribution is 2.35. The predicted molar refractivity (Wildman–Crippen MR) is 103 cm³/mol. The molecule has 0 unspecified atom stereocenters. The number of carbonyl (C=O) groups is 1. The Kier molecular flexibility index (Phi) is 5.19. The van der Waals surface area contributed by atoms with Crippen LogP contribution in [0.4, 0.5) is 5.69 Å². The molecule has 0 aliphatic carbocycles. The van der Waals surface area contributed by atoms with Crippen molar-refractivity contribution in [3.8, 4) is 16.9 Å². The second-order valence-electron chi connectivity index (χ2n) is 5.30. The van der Waals surface area contributed by atoms with E-state index in [-0.39, 0.29) is 11.3 Å². The second kappa shape index (κ2) is 7.36. The highest BCUT2D eigenvalue weighted by atomic mass is 35.5. The van der Waals surface area contributed by atoms with Crippen molar-refractivity contribution >= 4 is 46.4 Å². The number of benzene rings is 3. The third-order valence-electron chi connectivity index (χ3n) is 3.58. The highest BCUT2D eigenvalue weighted by Gasteiger charge is 2.17. The summed E-state index contributed by atoms with van der Waals surface area (Å²) >= 11 is 18.0. The molecule has 0 atom stereocenters. The Balaban J connectivity index is 1.97. The number of amides is 1. The molecule has 0 fully saturated rings. The molecule has 0 aromatic heterocycles. The van der Waals surface area contributed by atoms with Gasteiger partial charge in [0, 0.05) is 16.3 Å². The lowest BCUT2D eigenvalue weighted by Crippen LogP contribution is -2.12. The van der Waals surface area contributed by atoms with Crippen LogP contribution >= 0.6 is 34.8 Å². The molecule has 126 valence electrons. The van der Waals surface area contributed by atoms with Crippen LogP contribution in [0, 0.1) is 0 Å². The van der Waals surface area contributed by atoms with Crippen molar-refractivity contribution in [1.82, 2.24) is 0 Å². The molecule has 3 rings (SSSR count). The Labute approximate surface area is 159 Å². The number of anilines is 1. The zero-order valence-corrected chi connectivity index (χ0v) is 15.0. The minimum Gasteiger partial charge on any atom is -0.506 e. The van der Waals surface area contributed by atoms with E-state index in [1.807, 2.05) is 30.3 Å². The first-order chi connectivity index (χ1) is 12.0. The number of rotatable bonds is 3. The zero-order valence-electron chi connectivity index (χ0n) is 12.8. The van der Waals surface area contributed by atoms with E-state index in [1.54, 1.807) is 18.2 Å². The van der Waals surface area contributed by atoms with Crippen LogP contribution in [0.5, 0.6) is 5.75 Å². The number of phenols is 1. The number of nitrogens with one attached hydrogen (secondary N) is 1. The van der Waals surface area contributed by atoms with Gasteiger partial charge in [-0.3, -0.25) is 4.79 Å². The number of aromatic hydroxyl groups is 1. The van der Waals surface area contributed by atoms with Crippen molar-refractivity contribution in [3.63, 3.8) is 0 Å². The summed E-state index contributed by atoms with van der Waals surface area (Å²) in [5.74, 6) is -0.649. The summed E-state index contributed by atoms with van der Waals surface area (Å²) < 4.78 is 0. The van der Waals surface area contributed by atoms with E-state index in [2.05, 4.69) is 5.32 Å². The van der Waals surface area contributed by atoms with Crippen molar-refractivity contribution in [1.29, 1.82) is 0 Å². The average molecular weight is 393 g/mol. The van der Waals surface area contributed by atoms with Gasteiger partial charge in [0.25, 0.3) is 5.91 Å². The molecule has 6 heteroatoms. The SMILES string of the molecule is O=C(Nc1ccc(Cl)c(Cl)c1)c1cc(Cl)cc(-c2ccccc2)c1O. The summed E-state index contributed by atoms with van der Waals surface area (Å²) in [6, 6.07) is 16.9. The lowest BCUT2D eigenvalue weighted by atomic mass is 10.0. The molecular formula is C19H12Cl3NO2. The largest absolute Gasteiger partial charge is 0.506 e. The van der Waals surface area contributed by atoms with Gasteiger partial charge in [0.15, 0.2) is 0 Å². The fourth-order valence-corrected chi connectivity index (χ4v) is 2.90. The number of hydrogen-bond donors (Lipinski definition) is 2. The quantitative estimate of drug-likeness (QED) is 0.551. The minimum absolute atomic E-state index is 0.0671. The Hall–Kier alpha value is -2.20. The lowest BCUT2D eigenvalue weighted by Gasteiger charge is -2.12. The first-order valence-corrected chi connectivity index (χ1v) is 8.43. The van der Waals surface area contributed by atoms with Crippen LogP contribution in [0.1, 0.15) is 10.4 Å². The molecule has 0 saturated heterocycles. The molecule has 0 heterocycles. The molecule has 0 spiro atoms. The van der Waals surface area contributed by atoms with Gasteiger partial charge in [-0.1, -0.05) is 65.1 Å². The van der Waals surface area contributed by atoms with E-state index < -0.39 is 5.91 Å². The summed E-state index contributed by atoms with van der Waals surface area (Å²) in [6.07, 6.45) is 0. The first kappa shape index (κ1) is 17.6. The van der Waals surface area contributed by atoms with Gasteiger partial charge in [0.2, 0.25) is 0 Å². The maximum Gasteiger partial charge on any atom is 0.259 e. The second-order valence-corrected chi connectivity index (χ2v) is 6.55. The van der Waals surface area contributed by atoms with Crippen LogP contribution < -0.4 is 5.32 Å². The number of halogens is 3. The van der Waals surface area contributed by atoms with Gasteiger partial charge in [-0.05, 0) is 35.9 Å². The van der Waals surface area contributed by atoms with Gasteiger partial charge in [0.05, 0.1) is 15.6 Å². The number of hydrogen-bond acceptors (Lipinski definition) is 2. The van der Waals surface area contributed by atoms with Gasteiger partial charge in [-0.15, -0.1) is 0 Å². The van der Waals surface area contributed by atoms with E-state index in [0.29, 0.717) is 26.3 Å². The summed E-state index contributed by atoms with van der Waals surface area (Å²) in [7, 11) is 0. The fourth-order valence-electron chi connectivity index (χ4n) is 2.38. The average Bonchev–Trinajstić information content (AvgIpc) is 2.60. The van der Waals surface area contributed by atoms with Crippen molar-refractivity contribution < 1.29 is 9.90 Å². The molecule has 3 aromatic rings. The van der Waals surface area contributed by atoms with Crippen molar-refractivity contribution in [2.24, 2.45) is 0 Å². The predicted octanol–water partition coefficient (Wildman–Crippen LogP) is 6.27. The van der Waals surface area contributed by atoms with Gasteiger partial charge < -0.3 is 10.4 Å². The minimum atomic E-state index is -0.504. The van der Waals surface area contributed by atoms with E-state index in [1.165, 1.54) is 12.1 Å². The summed E-state index contributed by atoms with van der Waals surface area (Å²) in [5.41, 5.74) is 1.76. The lowest BCUT2D eigenvalue weighted by molar-refractivity contribution is 0.102. The zero-order chi connectivity index (χ0) is 18.0. The molecule has 1 amide bonds. The molecule has 0 bridgehead atoms. The Bertz CT molecular complexity index is 943. The van der Waals surface area contributed by atoms with Gasteiger partial charge in [-0.2, -0.15) is 0 Å². The molecule has 2 N–H and O–H groups in total. The third kappa shape index (κ3) is 3.90. The first-order valence-electron chi connectivity index (χ1n) is 7.30. The van der Waals surface area contributed by atoms with Crippen LogP contribution in [0.25, 0.3) is 11.1 Å². The van der Waals surface area contributed by atoms with Crippen LogP contribution in [0.3, 0.4) is 0 Å². The van der Waals surface area contributed by atoms with Crippen LogP contribution in [-0.2, 0) is 0 Å². The topological polar surface area (TPSA) is 49.3 Å². The molecule has 0 radical (unpaired) electrons. The Morgan fingerprint density at radius 3 is 2.28 bits per heavy atom. The molecule has 3 aromatic carbocycles. The van der Waals surface area contributed by atoms with Crippen molar-refractivity contribution in [2.75, 3.05) is 5.32 Å². The fraction of sp³-hybridized carbons (Fsp3) is 0. The van der Waals surface area contributed by atoms with Gasteiger partial charge >= 0.3 is 0 Å². The van der Waals surface area contributed by atoms with Crippen molar-refractivity contribution in [2.45, 2.75) is 0 Å². The highest BCUT2D eigenvalue weighted by molar-refractivity contribution is 6.42. The van der Waals surface area contributed by atoms with E-state index in [9.17, 15) is 9.90 Å². The molecule has 0 aliphatic heterocycles. The maximum absolute atomic E-state index is 12.6. The standard InChI is InChI=1S/C19H12Cl3NO2/c20-12-8-14(11-4-2-1-3-5-11)18(24)15(9-12)19(25)23-13-6-7-16(21)17(22)10-13/h1-10,24H,(H,23,25). The third-order valence-corrected chi connectivity index (χ3v) is 4.54. The van der Waals surface area contributed by atoms with Crippen LogP contribution in [-0.4, -0.2) is 11.0 Å². The Morgan fingerprint density at radius 2 is 1.60 bits per heavy atom. The van der Waals surface area contributed by atoms with Gasteiger partial charge in [0.1, 0.15) is 5.75 Å². The van der Waals surface area contributed by atoms with E-state index in [0.717, 1.165) is 5.56 Å². The molecule has 0 aliphatic rings. The summed E-state index contributed by atoms with van der Waals surface area (Å²) in [5, 5.41) is 14.3. The number of carbonyl (C=O) groups excluding carboxylic acids is 1. The molecule has 25 heavy (non-hydrogen) atoms. The smallest absolute Gasteiger partial charge is 0.259 e. The van der Waals surface area contributed by atoms with E-state index in [4.69, 9.17) is 34.8 Å². The Morgan fingerprint density at radius 1 is 0.880 bits per heavy atom. The molecular weight excluding hydrogens is 381 g/mol.